The minimum absolute atomic E-state index is 0.0214. The molecule has 0 spiro atoms. The summed E-state index contributed by atoms with van der Waals surface area (Å²) in [6.45, 7) is 1.86. The highest BCUT2D eigenvalue weighted by Crippen LogP contribution is 2.36. The van der Waals surface area contributed by atoms with Gasteiger partial charge in [-0.25, -0.2) is 13.1 Å². The molecular weight excluding hydrogens is 258 g/mol. The van der Waals surface area contributed by atoms with Crippen LogP contribution in [0.1, 0.15) is 25.5 Å². The van der Waals surface area contributed by atoms with Crippen LogP contribution in [0.25, 0.3) is 0 Å². The molecule has 0 bridgehead atoms. The van der Waals surface area contributed by atoms with Crippen LogP contribution in [0.2, 0.25) is 0 Å². The molecule has 7 heteroatoms. The topological polar surface area (TPSA) is 85.1 Å². The maximum atomic E-state index is 12.1. The Hall–Kier alpha value is -1.05. The maximum Gasteiger partial charge on any atom is 0.243 e. The van der Waals surface area contributed by atoms with Crippen LogP contribution in [0.3, 0.4) is 0 Å². The van der Waals surface area contributed by atoms with Gasteiger partial charge in [-0.05, 0) is 31.9 Å². The first-order valence-corrected chi connectivity index (χ1v) is 7.02. The van der Waals surface area contributed by atoms with E-state index in [-0.39, 0.29) is 21.1 Å². The van der Waals surface area contributed by atoms with Gasteiger partial charge >= 0.3 is 0 Å². The lowest BCUT2D eigenvalue weighted by atomic mass is 10.3. The second kappa shape index (κ2) is 4.01. The van der Waals surface area contributed by atoms with Crippen molar-refractivity contribution in [1.29, 1.82) is 0 Å². The van der Waals surface area contributed by atoms with Crippen LogP contribution in [0.15, 0.2) is 23.2 Å². The van der Waals surface area contributed by atoms with E-state index in [1.807, 2.05) is 6.92 Å². The van der Waals surface area contributed by atoms with E-state index < -0.39 is 10.0 Å². The number of nitrogens with two attached hydrogens (primary N) is 1. The van der Waals surface area contributed by atoms with Gasteiger partial charge in [0.1, 0.15) is 15.6 Å². The van der Waals surface area contributed by atoms with E-state index in [2.05, 4.69) is 9.71 Å². The van der Waals surface area contributed by atoms with Gasteiger partial charge in [0.25, 0.3) is 0 Å². The van der Waals surface area contributed by atoms with Gasteiger partial charge in [0, 0.05) is 11.7 Å². The van der Waals surface area contributed by atoms with Crippen molar-refractivity contribution in [3.05, 3.63) is 24.0 Å². The lowest BCUT2D eigenvalue weighted by Gasteiger charge is -2.13. The molecule has 1 aromatic rings. The Balaban J connectivity index is 2.42. The summed E-state index contributed by atoms with van der Waals surface area (Å²) >= 11 is 4.80. The SMILES string of the molecule is CC1(NS(=O)(=O)c2cccnc2C(N)=S)CC1. The summed E-state index contributed by atoms with van der Waals surface area (Å²) in [5.41, 5.74) is 5.27. The standard InChI is InChI=1S/C10H13N3O2S2/c1-10(4-5-10)13-17(14,15)7-3-2-6-12-8(7)9(11)16/h2-3,6,13H,4-5H2,1H3,(H2,11,16). The highest BCUT2D eigenvalue weighted by atomic mass is 32.2. The van der Waals surface area contributed by atoms with Crippen molar-refractivity contribution < 1.29 is 8.42 Å². The fourth-order valence-electron chi connectivity index (χ4n) is 1.46. The third-order valence-corrected chi connectivity index (χ3v) is 4.54. The molecule has 0 saturated heterocycles. The van der Waals surface area contributed by atoms with Crippen molar-refractivity contribution in [2.45, 2.75) is 30.2 Å². The minimum atomic E-state index is -3.61. The number of pyridine rings is 1. The fourth-order valence-corrected chi connectivity index (χ4v) is 3.33. The molecular formula is C10H13N3O2S2. The molecule has 2 rings (SSSR count). The molecule has 1 saturated carbocycles. The van der Waals surface area contributed by atoms with Crippen LogP contribution in [-0.2, 0) is 10.0 Å². The molecule has 17 heavy (non-hydrogen) atoms. The van der Waals surface area contributed by atoms with Crippen molar-refractivity contribution in [2.24, 2.45) is 5.73 Å². The molecule has 0 aromatic carbocycles. The smallest absolute Gasteiger partial charge is 0.243 e. The molecule has 1 fully saturated rings. The lowest BCUT2D eigenvalue weighted by molar-refractivity contribution is 0.557. The number of hydrogen-bond acceptors (Lipinski definition) is 4. The predicted molar refractivity (Wildman–Crippen MR) is 68.1 cm³/mol. The van der Waals surface area contributed by atoms with Crippen molar-refractivity contribution in [3.63, 3.8) is 0 Å². The van der Waals surface area contributed by atoms with Gasteiger partial charge in [0.2, 0.25) is 10.0 Å². The summed E-state index contributed by atoms with van der Waals surface area (Å²) in [6.07, 6.45) is 3.15. The molecule has 0 radical (unpaired) electrons. The van der Waals surface area contributed by atoms with Gasteiger partial charge in [-0.3, -0.25) is 4.98 Å². The molecule has 5 nitrogen and oxygen atoms in total. The Bertz CT molecular complexity index is 565. The van der Waals surface area contributed by atoms with Crippen LogP contribution < -0.4 is 10.5 Å². The number of nitrogens with zero attached hydrogens (tertiary/aromatic N) is 1. The Morgan fingerprint density at radius 3 is 2.76 bits per heavy atom. The van der Waals surface area contributed by atoms with Crippen LogP contribution in [-0.4, -0.2) is 23.9 Å². The molecule has 0 aliphatic heterocycles. The maximum absolute atomic E-state index is 12.1. The van der Waals surface area contributed by atoms with Gasteiger partial charge in [-0.1, -0.05) is 12.2 Å². The first-order valence-electron chi connectivity index (χ1n) is 5.13. The molecule has 92 valence electrons. The second-order valence-corrected chi connectivity index (χ2v) is 6.47. The molecule has 3 N–H and O–H groups in total. The number of sulfonamides is 1. The first-order chi connectivity index (χ1) is 7.84. The van der Waals surface area contributed by atoms with E-state index in [4.69, 9.17) is 18.0 Å². The van der Waals surface area contributed by atoms with Gasteiger partial charge in [0.05, 0.1) is 0 Å². The number of nitrogens with one attached hydrogen (secondary N) is 1. The monoisotopic (exact) mass is 271 g/mol. The quantitative estimate of drug-likeness (QED) is 0.781. The number of hydrogen-bond donors (Lipinski definition) is 2. The van der Waals surface area contributed by atoms with Crippen LogP contribution >= 0.6 is 12.2 Å². The molecule has 0 amide bonds. The summed E-state index contributed by atoms with van der Waals surface area (Å²) in [4.78, 5) is 3.93. The molecule has 1 aromatic heterocycles. The van der Waals surface area contributed by atoms with E-state index >= 15 is 0 Å². The van der Waals surface area contributed by atoms with Gasteiger partial charge in [-0.2, -0.15) is 0 Å². The first kappa shape index (κ1) is 12.4. The zero-order valence-electron chi connectivity index (χ0n) is 9.30. The molecule has 0 atom stereocenters. The van der Waals surface area contributed by atoms with Crippen LogP contribution in [0.5, 0.6) is 0 Å². The third kappa shape index (κ3) is 2.62. The second-order valence-electron chi connectivity index (χ2n) is 4.38. The zero-order valence-corrected chi connectivity index (χ0v) is 10.9. The van der Waals surface area contributed by atoms with Gasteiger partial charge in [0.15, 0.2) is 0 Å². The van der Waals surface area contributed by atoms with Crippen molar-refractivity contribution in [1.82, 2.24) is 9.71 Å². The summed E-state index contributed by atoms with van der Waals surface area (Å²) in [7, 11) is -3.61. The van der Waals surface area contributed by atoms with E-state index in [9.17, 15) is 8.42 Å². The predicted octanol–water partition coefficient (Wildman–Crippen LogP) is 0.547. The Morgan fingerprint density at radius 2 is 2.24 bits per heavy atom. The Kier molecular flexibility index (Phi) is 2.92. The highest BCUT2D eigenvalue weighted by Gasteiger charge is 2.41. The average molecular weight is 271 g/mol. The summed E-state index contributed by atoms with van der Waals surface area (Å²) < 4.78 is 26.9. The van der Waals surface area contributed by atoms with E-state index in [1.165, 1.54) is 12.3 Å². The lowest BCUT2D eigenvalue weighted by Crippen LogP contribution is -2.35. The number of rotatable bonds is 4. The Labute approximate surface area is 105 Å². The molecule has 1 heterocycles. The number of aromatic nitrogens is 1. The van der Waals surface area contributed by atoms with Crippen molar-refractivity contribution in [2.75, 3.05) is 0 Å². The van der Waals surface area contributed by atoms with Crippen molar-refractivity contribution >= 4 is 27.2 Å². The normalized spacial score (nSPS) is 17.7. The van der Waals surface area contributed by atoms with Crippen LogP contribution in [0, 0.1) is 0 Å². The zero-order chi connectivity index (χ0) is 12.7. The van der Waals surface area contributed by atoms with Crippen LogP contribution in [0.4, 0.5) is 0 Å². The third-order valence-electron chi connectivity index (χ3n) is 2.67. The Morgan fingerprint density at radius 1 is 1.59 bits per heavy atom. The molecule has 1 aliphatic rings. The molecule has 0 unspecified atom stereocenters. The van der Waals surface area contributed by atoms with Gasteiger partial charge < -0.3 is 5.73 Å². The number of thiocarbonyl (C=S) groups is 1. The minimum Gasteiger partial charge on any atom is -0.388 e. The van der Waals surface area contributed by atoms with Gasteiger partial charge in [-0.15, -0.1) is 0 Å². The summed E-state index contributed by atoms with van der Waals surface area (Å²) in [5.74, 6) is 0. The average Bonchev–Trinajstić information content (AvgIpc) is 2.95. The summed E-state index contributed by atoms with van der Waals surface area (Å²) in [6, 6.07) is 3.00. The van der Waals surface area contributed by atoms with E-state index in [0.29, 0.717) is 0 Å². The molecule has 1 aliphatic carbocycles. The summed E-state index contributed by atoms with van der Waals surface area (Å²) in [5, 5.41) is 0. The van der Waals surface area contributed by atoms with Crippen molar-refractivity contribution in [3.8, 4) is 0 Å². The van der Waals surface area contributed by atoms with E-state index in [1.54, 1.807) is 6.07 Å². The fraction of sp³-hybridized carbons (Fsp3) is 0.400. The highest BCUT2D eigenvalue weighted by molar-refractivity contribution is 7.89. The van der Waals surface area contributed by atoms with E-state index in [0.717, 1.165) is 12.8 Å². The largest absolute Gasteiger partial charge is 0.388 e.